The third-order valence-electron chi connectivity index (χ3n) is 3.26. The third-order valence-corrected chi connectivity index (χ3v) is 3.26. The van der Waals surface area contributed by atoms with Crippen molar-refractivity contribution in [2.45, 2.75) is 58.4 Å². The molecule has 2 N–H and O–H groups in total. The van der Waals surface area contributed by atoms with Gasteiger partial charge in [0.15, 0.2) is 0 Å². The van der Waals surface area contributed by atoms with Gasteiger partial charge in [-0.25, -0.2) is 0 Å². The molecule has 0 aromatic rings. The lowest BCUT2D eigenvalue weighted by Gasteiger charge is -2.28. The van der Waals surface area contributed by atoms with Crippen LogP contribution in [0.15, 0.2) is 0 Å². The highest BCUT2D eigenvalue weighted by Crippen LogP contribution is 2.29. The molecule has 0 heterocycles. The lowest BCUT2D eigenvalue weighted by Crippen LogP contribution is -2.28. The fourth-order valence-electron chi connectivity index (χ4n) is 2.28. The zero-order valence-electron chi connectivity index (χ0n) is 8.55. The minimum absolute atomic E-state index is 0.507. The fraction of sp³-hybridized carbons (Fsp3) is 1.00. The maximum atomic E-state index is 5.94. The van der Waals surface area contributed by atoms with Gasteiger partial charge in [-0.2, -0.15) is 0 Å². The molecule has 0 radical (unpaired) electrons. The van der Waals surface area contributed by atoms with E-state index in [9.17, 15) is 0 Å². The molecule has 1 rings (SSSR count). The molecule has 72 valence electrons. The summed E-state index contributed by atoms with van der Waals surface area (Å²) in [7, 11) is 0. The smallest absolute Gasteiger partial charge is 0.00414 e. The Hall–Kier alpha value is -0.0400. The van der Waals surface area contributed by atoms with Gasteiger partial charge in [-0.05, 0) is 31.1 Å². The highest BCUT2D eigenvalue weighted by Gasteiger charge is 2.20. The first-order valence-electron chi connectivity index (χ1n) is 5.48. The van der Waals surface area contributed by atoms with Crippen LogP contribution in [0.4, 0.5) is 0 Å². The number of nitrogens with two attached hydrogens (primary N) is 1. The van der Waals surface area contributed by atoms with Crippen molar-refractivity contribution >= 4 is 0 Å². The molecule has 3 atom stereocenters. The monoisotopic (exact) mass is 169 g/mol. The summed E-state index contributed by atoms with van der Waals surface area (Å²) in [5.74, 6) is 1.84. The summed E-state index contributed by atoms with van der Waals surface area (Å²) in [6.07, 6.45) is 8.07. The van der Waals surface area contributed by atoms with Gasteiger partial charge in [0.05, 0.1) is 0 Å². The summed E-state index contributed by atoms with van der Waals surface area (Å²) < 4.78 is 0. The first-order valence-corrected chi connectivity index (χ1v) is 5.48. The minimum atomic E-state index is 0.507. The van der Waals surface area contributed by atoms with Crippen LogP contribution in [0.1, 0.15) is 52.4 Å². The predicted molar refractivity (Wildman–Crippen MR) is 54.0 cm³/mol. The number of rotatable bonds is 3. The first kappa shape index (κ1) is 10.0. The molecule has 1 nitrogen and oxygen atoms in total. The zero-order chi connectivity index (χ0) is 8.97. The molecule has 0 aromatic heterocycles. The van der Waals surface area contributed by atoms with Gasteiger partial charge in [0.2, 0.25) is 0 Å². The molecule has 1 heteroatoms. The van der Waals surface area contributed by atoms with E-state index in [2.05, 4.69) is 13.8 Å². The molecule has 0 amide bonds. The highest BCUT2D eigenvalue weighted by atomic mass is 14.6. The molecule has 12 heavy (non-hydrogen) atoms. The summed E-state index contributed by atoms with van der Waals surface area (Å²) in [6, 6.07) is 0.507. The molecular formula is C11H23N. The Labute approximate surface area is 76.7 Å². The van der Waals surface area contributed by atoms with Gasteiger partial charge in [-0.3, -0.25) is 0 Å². The van der Waals surface area contributed by atoms with Gasteiger partial charge in [0.25, 0.3) is 0 Å². The third kappa shape index (κ3) is 3.14. The largest absolute Gasteiger partial charge is 0.328 e. The molecule has 0 spiro atoms. The molecule has 0 aromatic carbocycles. The van der Waals surface area contributed by atoms with E-state index in [1.165, 1.54) is 38.5 Å². The maximum absolute atomic E-state index is 5.94. The average Bonchev–Trinajstić information content (AvgIpc) is 2.04. The van der Waals surface area contributed by atoms with Crippen molar-refractivity contribution in [3.63, 3.8) is 0 Å². The minimum Gasteiger partial charge on any atom is -0.328 e. The summed E-state index contributed by atoms with van der Waals surface area (Å²) in [5.41, 5.74) is 5.94. The second kappa shape index (κ2) is 4.86. The summed E-state index contributed by atoms with van der Waals surface area (Å²) >= 11 is 0. The van der Waals surface area contributed by atoms with Crippen LogP contribution in [0.3, 0.4) is 0 Å². The van der Waals surface area contributed by atoms with E-state index in [4.69, 9.17) is 5.73 Å². The molecule has 2 unspecified atom stereocenters. The second-order valence-electron chi connectivity index (χ2n) is 4.54. The Morgan fingerprint density at radius 2 is 2.17 bits per heavy atom. The van der Waals surface area contributed by atoms with Gasteiger partial charge >= 0.3 is 0 Å². The zero-order valence-corrected chi connectivity index (χ0v) is 8.55. The van der Waals surface area contributed by atoms with Crippen LogP contribution in [0.5, 0.6) is 0 Å². The Kier molecular flexibility index (Phi) is 4.07. The molecule has 1 fully saturated rings. The number of hydrogen-bond donors (Lipinski definition) is 1. The van der Waals surface area contributed by atoms with Crippen LogP contribution in [-0.2, 0) is 0 Å². The van der Waals surface area contributed by atoms with E-state index in [0.29, 0.717) is 6.04 Å². The van der Waals surface area contributed by atoms with Gasteiger partial charge in [0, 0.05) is 6.04 Å². The van der Waals surface area contributed by atoms with Gasteiger partial charge < -0.3 is 5.73 Å². The van der Waals surface area contributed by atoms with Crippen LogP contribution >= 0.6 is 0 Å². The Balaban J connectivity index is 2.22. The molecule has 1 saturated carbocycles. The molecule has 1 aliphatic carbocycles. The number of hydrogen-bond acceptors (Lipinski definition) is 1. The van der Waals surface area contributed by atoms with E-state index < -0.39 is 0 Å². The predicted octanol–water partition coefficient (Wildman–Crippen LogP) is 2.94. The summed E-state index contributed by atoms with van der Waals surface area (Å²) in [5, 5.41) is 0. The van der Waals surface area contributed by atoms with Crippen molar-refractivity contribution in [1.82, 2.24) is 0 Å². The van der Waals surface area contributed by atoms with E-state index in [0.717, 1.165) is 11.8 Å². The normalized spacial score (nSPS) is 33.2. The summed E-state index contributed by atoms with van der Waals surface area (Å²) in [6.45, 7) is 4.65. The lowest BCUT2D eigenvalue weighted by atomic mass is 9.80. The van der Waals surface area contributed by atoms with Gasteiger partial charge in [0.1, 0.15) is 0 Å². The van der Waals surface area contributed by atoms with E-state index in [-0.39, 0.29) is 0 Å². The molecule has 1 aliphatic rings. The van der Waals surface area contributed by atoms with Crippen LogP contribution in [0.25, 0.3) is 0 Å². The van der Waals surface area contributed by atoms with Crippen molar-refractivity contribution in [2.75, 3.05) is 0 Å². The van der Waals surface area contributed by atoms with Crippen molar-refractivity contribution in [2.24, 2.45) is 17.6 Å². The Morgan fingerprint density at radius 3 is 2.75 bits per heavy atom. The van der Waals surface area contributed by atoms with Crippen molar-refractivity contribution in [3.05, 3.63) is 0 Å². The van der Waals surface area contributed by atoms with Gasteiger partial charge in [-0.1, -0.05) is 33.1 Å². The Bertz CT molecular complexity index is 122. The molecule has 0 saturated heterocycles. The van der Waals surface area contributed by atoms with Crippen molar-refractivity contribution < 1.29 is 0 Å². The van der Waals surface area contributed by atoms with Crippen molar-refractivity contribution in [3.8, 4) is 0 Å². The van der Waals surface area contributed by atoms with Crippen LogP contribution in [0.2, 0.25) is 0 Å². The molecular weight excluding hydrogens is 146 g/mol. The summed E-state index contributed by atoms with van der Waals surface area (Å²) in [4.78, 5) is 0. The standard InChI is InChI=1S/C11H23N/c1-3-9(2)7-10-5-4-6-11(12)8-10/h9-11H,3-8,12H2,1-2H3/t9-,10?,11?/m0/s1. The fourth-order valence-corrected chi connectivity index (χ4v) is 2.28. The van der Waals surface area contributed by atoms with Crippen LogP contribution in [-0.4, -0.2) is 6.04 Å². The first-order chi connectivity index (χ1) is 5.72. The topological polar surface area (TPSA) is 26.0 Å². The molecule has 0 bridgehead atoms. The van der Waals surface area contributed by atoms with E-state index in [1.807, 2.05) is 0 Å². The quantitative estimate of drug-likeness (QED) is 0.690. The Morgan fingerprint density at radius 1 is 1.42 bits per heavy atom. The second-order valence-corrected chi connectivity index (χ2v) is 4.54. The van der Waals surface area contributed by atoms with Crippen molar-refractivity contribution in [1.29, 1.82) is 0 Å². The maximum Gasteiger partial charge on any atom is 0.00414 e. The lowest BCUT2D eigenvalue weighted by molar-refractivity contribution is 0.270. The highest BCUT2D eigenvalue weighted by molar-refractivity contribution is 4.76. The van der Waals surface area contributed by atoms with E-state index >= 15 is 0 Å². The average molecular weight is 169 g/mol. The van der Waals surface area contributed by atoms with E-state index in [1.54, 1.807) is 0 Å². The SMILES string of the molecule is CC[C@H](C)CC1CCCC(N)C1. The molecule has 0 aliphatic heterocycles. The van der Waals surface area contributed by atoms with Gasteiger partial charge in [-0.15, -0.1) is 0 Å². The van der Waals surface area contributed by atoms with Crippen LogP contribution < -0.4 is 5.73 Å². The van der Waals surface area contributed by atoms with Crippen LogP contribution in [0, 0.1) is 11.8 Å².